The molecule has 1 atom stereocenters. The number of rotatable bonds is 6. The zero-order valence-corrected chi connectivity index (χ0v) is 17.2. The Kier molecular flexibility index (Phi) is 6.13. The number of nitrogens with zero attached hydrogens (tertiary/aromatic N) is 1. The molecule has 3 aromatic carbocycles. The Balaban J connectivity index is 1.55. The highest BCUT2D eigenvalue weighted by atomic mass is 16.6. The number of hydrogen-bond donors (Lipinski definition) is 0. The maximum atomic E-state index is 12.9. The quantitative estimate of drug-likeness (QED) is 0.536. The second kappa shape index (κ2) is 9.30. The van der Waals surface area contributed by atoms with E-state index in [-0.39, 0.29) is 12.6 Å². The molecule has 31 heavy (non-hydrogen) atoms. The Labute approximate surface area is 181 Å². The monoisotopic (exact) mass is 413 g/mol. The summed E-state index contributed by atoms with van der Waals surface area (Å²) in [7, 11) is 1.59. The van der Waals surface area contributed by atoms with Gasteiger partial charge in [0, 0.05) is 11.6 Å². The van der Waals surface area contributed by atoms with Crippen LogP contribution in [0.3, 0.4) is 0 Å². The molecule has 0 aromatic heterocycles. The molecule has 0 spiro atoms. The third-order valence-corrected chi connectivity index (χ3v) is 5.25. The van der Waals surface area contributed by atoms with E-state index in [9.17, 15) is 9.59 Å². The number of cyclic esters (lactones) is 1. The van der Waals surface area contributed by atoms with Crippen molar-refractivity contribution in [1.29, 1.82) is 0 Å². The maximum absolute atomic E-state index is 12.9. The first-order chi connectivity index (χ1) is 15.2. The highest BCUT2D eigenvalue weighted by Gasteiger charge is 2.36. The number of amides is 2. The van der Waals surface area contributed by atoms with Gasteiger partial charge in [0.1, 0.15) is 12.4 Å². The normalized spacial score (nSPS) is 15.8. The maximum Gasteiger partial charge on any atom is 0.417 e. The van der Waals surface area contributed by atoms with Crippen LogP contribution in [0.2, 0.25) is 0 Å². The van der Waals surface area contributed by atoms with Crippen LogP contribution in [0.5, 0.6) is 5.75 Å². The van der Waals surface area contributed by atoms with Gasteiger partial charge in [0.05, 0.1) is 13.2 Å². The Hall–Kier alpha value is -3.86. The smallest absolute Gasteiger partial charge is 0.417 e. The minimum atomic E-state index is -0.611. The molecule has 5 nitrogen and oxygen atoms in total. The molecule has 0 saturated carbocycles. The first-order valence-electron chi connectivity index (χ1n) is 10.1. The molecule has 156 valence electrons. The molecule has 1 aliphatic rings. The molecule has 2 amide bonds. The van der Waals surface area contributed by atoms with Crippen molar-refractivity contribution >= 4 is 18.1 Å². The van der Waals surface area contributed by atoms with Gasteiger partial charge in [-0.3, -0.25) is 4.79 Å². The third-order valence-electron chi connectivity index (χ3n) is 5.25. The Morgan fingerprint density at radius 2 is 1.74 bits per heavy atom. The van der Waals surface area contributed by atoms with Crippen LogP contribution < -0.4 is 4.74 Å². The largest absolute Gasteiger partial charge is 0.496 e. The van der Waals surface area contributed by atoms with E-state index in [2.05, 4.69) is 0 Å². The summed E-state index contributed by atoms with van der Waals surface area (Å²) < 4.78 is 10.6. The molecular formula is C26H23NO4. The van der Waals surface area contributed by atoms with E-state index in [0.29, 0.717) is 12.2 Å². The second-order valence-corrected chi connectivity index (χ2v) is 7.28. The first-order valence-corrected chi connectivity index (χ1v) is 10.1. The lowest BCUT2D eigenvalue weighted by Gasteiger charge is -2.18. The van der Waals surface area contributed by atoms with E-state index >= 15 is 0 Å². The van der Waals surface area contributed by atoms with Gasteiger partial charge in [0.25, 0.3) is 5.91 Å². The fourth-order valence-electron chi connectivity index (χ4n) is 3.68. The highest BCUT2D eigenvalue weighted by molar-refractivity contribution is 6.02. The molecule has 0 N–H and O–H groups in total. The van der Waals surface area contributed by atoms with E-state index in [1.165, 1.54) is 11.0 Å². The van der Waals surface area contributed by atoms with E-state index in [1.807, 2.05) is 78.9 Å². The third kappa shape index (κ3) is 4.67. The van der Waals surface area contributed by atoms with Gasteiger partial charge in [-0.2, -0.15) is 0 Å². The van der Waals surface area contributed by atoms with Crippen LogP contribution in [0.1, 0.15) is 11.1 Å². The van der Waals surface area contributed by atoms with Gasteiger partial charge in [-0.05, 0) is 41.3 Å². The van der Waals surface area contributed by atoms with Crippen molar-refractivity contribution in [2.45, 2.75) is 12.5 Å². The molecule has 1 saturated heterocycles. The predicted molar refractivity (Wildman–Crippen MR) is 120 cm³/mol. The molecule has 1 heterocycles. The predicted octanol–water partition coefficient (Wildman–Crippen LogP) is 4.97. The van der Waals surface area contributed by atoms with Crippen LogP contribution in [0.15, 0.2) is 84.9 Å². The van der Waals surface area contributed by atoms with Crippen LogP contribution in [-0.4, -0.2) is 36.7 Å². The topological polar surface area (TPSA) is 55.8 Å². The van der Waals surface area contributed by atoms with Crippen LogP contribution in [-0.2, 0) is 16.0 Å². The van der Waals surface area contributed by atoms with E-state index in [1.54, 1.807) is 13.2 Å². The summed E-state index contributed by atoms with van der Waals surface area (Å²) in [4.78, 5) is 26.3. The van der Waals surface area contributed by atoms with E-state index in [0.717, 1.165) is 22.3 Å². The Morgan fingerprint density at radius 3 is 2.45 bits per heavy atom. The molecule has 1 unspecified atom stereocenters. The SMILES string of the molecule is COc1ccc(-c2ccccc2)cc1/C=C/C(=O)N1C(=O)OCC1Cc1ccccc1. The number of hydrogen-bond acceptors (Lipinski definition) is 4. The molecule has 3 aromatic rings. The average molecular weight is 413 g/mol. The van der Waals surface area contributed by atoms with Crippen molar-refractivity contribution in [3.8, 4) is 16.9 Å². The summed E-state index contributed by atoms with van der Waals surface area (Å²) in [6.07, 6.45) is 3.02. The minimum Gasteiger partial charge on any atom is -0.496 e. The number of imide groups is 1. The summed E-state index contributed by atoms with van der Waals surface area (Å²) in [6, 6.07) is 25.2. The molecule has 0 radical (unpaired) electrons. The van der Waals surface area contributed by atoms with Gasteiger partial charge in [-0.15, -0.1) is 0 Å². The Morgan fingerprint density at radius 1 is 1.03 bits per heavy atom. The second-order valence-electron chi connectivity index (χ2n) is 7.28. The van der Waals surface area contributed by atoms with Gasteiger partial charge in [0.15, 0.2) is 0 Å². The number of ether oxygens (including phenoxy) is 2. The lowest BCUT2D eigenvalue weighted by atomic mass is 10.0. The molecule has 1 aliphatic heterocycles. The van der Waals surface area contributed by atoms with Gasteiger partial charge in [0.2, 0.25) is 0 Å². The summed E-state index contributed by atoms with van der Waals surface area (Å²) >= 11 is 0. The van der Waals surface area contributed by atoms with Crippen LogP contribution >= 0.6 is 0 Å². The van der Waals surface area contributed by atoms with Crippen LogP contribution in [0.25, 0.3) is 17.2 Å². The fraction of sp³-hybridized carbons (Fsp3) is 0.154. The van der Waals surface area contributed by atoms with Gasteiger partial charge < -0.3 is 9.47 Å². The van der Waals surface area contributed by atoms with Gasteiger partial charge in [-0.1, -0.05) is 66.7 Å². The zero-order chi connectivity index (χ0) is 21.6. The van der Waals surface area contributed by atoms with Crippen molar-refractivity contribution in [3.05, 3.63) is 96.1 Å². The van der Waals surface area contributed by atoms with Gasteiger partial charge in [-0.25, -0.2) is 9.69 Å². The minimum absolute atomic E-state index is 0.195. The van der Waals surface area contributed by atoms with Crippen molar-refractivity contribution in [1.82, 2.24) is 4.90 Å². The van der Waals surface area contributed by atoms with Crippen molar-refractivity contribution in [2.24, 2.45) is 0 Å². The number of methoxy groups -OCH3 is 1. The molecule has 0 bridgehead atoms. The molecule has 0 aliphatic carbocycles. The van der Waals surface area contributed by atoms with Crippen LogP contribution in [0.4, 0.5) is 4.79 Å². The lowest BCUT2D eigenvalue weighted by Crippen LogP contribution is -2.39. The molecule has 1 fully saturated rings. The standard InChI is InChI=1S/C26H23NO4/c1-30-24-14-12-21(20-10-6-3-7-11-20)17-22(24)13-15-25(28)27-23(18-31-26(27)29)16-19-8-4-2-5-9-19/h2-15,17,23H,16,18H2,1H3/b15-13+. The summed E-state index contributed by atoms with van der Waals surface area (Å²) in [5.41, 5.74) is 3.88. The van der Waals surface area contributed by atoms with Crippen molar-refractivity contribution in [3.63, 3.8) is 0 Å². The van der Waals surface area contributed by atoms with E-state index < -0.39 is 12.0 Å². The zero-order valence-electron chi connectivity index (χ0n) is 17.2. The molecule has 5 heteroatoms. The van der Waals surface area contributed by atoms with Crippen molar-refractivity contribution in [2.75, 3.05) is 13.7 Å². The van der Waals surface area contributed by atoms with Gasteiger partial charge >= 0.3 is 6.09 Å². The number of benzene rings is 3. The van der Waals surface area contributed by atoms with Crippen molar-refractivity contribution < 1.29 is 19.1 Å². The first kappa shape index (κ1) is 20.4. The summed E-state index contributed by atoms with van der Waals surface area (Å²) in [5, 5.41) is 0. The lowest BCUT2D eigenvalue weighted by molar-refractivity contribution is -0.124. The van der Waals surface area contributed by atoms with Crippen LogP contribution in [0, 0.1) is 0 Å². The average Bonchev–Trinajstić information content (AvgIpc) is 3.18. The molecule has 4 rings (SSSR count). The highest BCUT2D eigenvalue weighted by Crippen LogP contribution is 2.28. The fourth-order valence-corrected chi connectivity index (χ4v) is 3.68. The Bertz CT molecular complexity index is 1090. The van der Waals surface area contributed by atoms with E-state index in [4.69, 9.17) is 9.47 Å². The number of carbonyl (C=O) groups excluding carboxylic acids is 2. The summed E-state index contributed by atoms with van der Waals surface area (Å²) in [5.74, 6) is 0.240. The summed E-state index contributed by atoms with van der Waals surface area (Å²) in [6.45, 7) is 0.195. The molecular weight excluding hydrogens is 390 g/mol. The number of carbonyl (C=O) groups is 2.